The molecule has 0 unspecified atom stereocenters. The molecule has 0 atom stereocenters. The SMILES string of the molecule is COCC1=NN(c2ccc(Cl)cc2Cl)C(=O)C1. The minimum absolute atomic E-state index is 0.124. The molecule has 0 fully saturated rings. The van der Waals surface area contributed by atoms with Gasteiger partial charge in [-0.05, 0) is 18.2 Å². The van der Waals surface area contributed by atoms with Crippen molar-refractivity contribution in [3.05, 3.63) is 28.2 Å². The van der Waals surface area contributed by atoms with Gasteiger partial charge in [0.15, 0.2) is 0 Å². The third-order valence-corrected chi connectivity index (χ3v) is 2.82. The monoisotopic (exact) mass is 272 g/mol. The lowest BCUT2D eigenvalue weighted by Crippen LogP contribution is -2.19. The molecule has 1 amide bonds. The quantitative estimate of drug-likeness (QED) is 0.849. The Morgan fingerprint density at radius 1 is 1.47 bits per heavy atom. The molecule has 0 N–H and O–H groups in total. The highest BCUT2D eigenvalue weighted by Gasteiger charge is 2.26. The molecule has 0 radical (unpaired) electrons. The molecular weight excluding hydrogens is 263 g/mol. The second-order valence-electron chi connectivity index (χ2n) is 3.58. The van der Waals surface area contributed by atoms with E-state index in [1.54, 1.807) is 25.3 Å². The van der Waals surface area contributed by atoms with E-state index in [0.717, 1.165) is 0 Å². The van der Waals surface area contributed by atoms with Crippen molar-refractivity contribution < 1.29 is 9.53 Å². The topological polar surface area (TPSA) is 41.9 Å². The Hall–Kier alpha value is -1.10. The van der Waals surface area contributed by atoms with Crippen molar-refractivity contribution in [1.29, 1.82) is 0 Å². The molecule has 90 valence electrons. The van der Waals surface area contributed by atoms with Crippen molar-refractivity contribution in [2.24, 2.45) is 5.10 Å². The summed E-state index contributed by atoms with van der Waals surface area (Å²) in [6, 6.07) is 4.91. The molecule has 1 aromatic rings. The molecule has 0 bridgehead atoms. The molecule has 4 nitrogen and oxygen atoms in total. The minimum atomic E-state index is -0.124. The molecule has 0 saturated heterocycles. The Kier molecular flexibility index (Phi) is 3.66. The Morgan fingerprint density at radius 2 is 2.24 bits per heavy atom. The van der Waals surface area contributed by atoms with Gasteiger partial charge in [-0.25, -0.2) is 0 Å². The fourth-order valence-electron chi connectivity index (χ4n) is 1.57. The molecule has 1 aliphatic rings. The average Bonchev–Trinajstić information content (AvgIpc) is 2.60. The van der Waals surface area contributed by atoms with Crippen LogP contribution in [0.4, 0.5) is 5.69 Å². The summed E-state index contributed by atoms with van der Waals surface area (Å²) in [5.74, 6) is -0.124. The number of nitrogens with zero attached hydrogens (tertiary/aromatic N) is 2. The van der Waals surface area contributed by atoms with Gasteiger partial charge < -0.3 is 4.74 Å². The van der Waals surface area contributed by atoms with Gasteiger partial charge in [-0.15, -0.1) is 0 Å². The first-order chi connectivity index (χ1) is 8.11. The summed E-state index contributed by atoms with van der Waals surface area (Å²) in [5.41, 5.74) is 1.22. The number of benzene rings is 1. The number of methoxy groups -OCH3 is 1. The van der Waals surface area contributed by atoms with Crippen molar-refractivity contribution in [2.45, 2.75) is 6.42 Å². The van der Waals surface area contributed by atoms with Crippen molar-refractivity contribution in [1.82, 2.24) is 0 Å². The Morgan fingerprint density at radius 3 is 2.88 bits per heavy atom. The van der Waals surface area contributed by atoms with Crippen LogP contribution in [0.15, 0.2) is 23.3 Å². The zero-order valence-corrected chi connectivity index (χ0v) is 10.6. The molecule has 0 saturated carbocycles. The van der Waals surface area contributed by atoms with Crippen molar-refractivity contribution in [3.8, 4) is 0 Å². The fourth-order valence-corrected chi connectivity index (χ4v) is 2.06. The van der Waals surface area contributed by atoms with Crippen LogP contribution in [-0.4, -0.2) is 25.3 Å². The largest absolute Gasteiger partial charge is 0.379 e. The van der Waals surface area contributed by atoms with Crippen LogP contribution in [0, 0.1) is 0 Å². The molecule has 1 aliphatic heterocycles. The summed E-state index contributed by atoms with van der Waals surface area (Å²) in [7, 11) is 1.56. The van der Waals surface area contributed by atoms with Crippen LogP contribution >= 0.6 is 23.2 Å². The summed E-state index contributed by atoms with van der Waals surface area (Å²) in [6.07, 6.45) is 0.257. The molecule has 17 heavy (non-hydrogen) atoms. The number of halogens is 2. The number of hydrogen-bond acceptors (Lipinski definition) is 3. The van der Waals surface area contributed by atoms with Gasteiger partial charge >= 0.3 is 0 Å². The van der Waals surface area contributed by atoms with E-state index in [2.05, 4.69) is 5.10 Å². The number of hydrogen-bond donors (Lipinski definition) is 0. The first-order valence-electron chi connectivity index (χ1n) is 4.95. The summed E-state index contributed by atoms with van der Waals surface area (Å²) in [5, 5.41) is 6.37. The zero-order chi connectivity index (χ0) is 12.4. The summed E-state index contributed by atoms with van der Waals surface area (Å²) >= 11 is 11.8. The average molecular weight is 273 g/mol. The van der Waals surface area contributed by atoms with Crippen LogP contribution in [-0.2, 0) is 9.53 Å². The van der Waals surface area contributed by atoms with Crippen molar-refractivity contribution in [3.63, 3.8) is 0 Å². The minimum Gasteiger partial charge on any atom is -0.379 e. The Labute approximate surface area is 109 Å². The molecular formula is C11H10Cl2N2O2. The Bertz CT molecular complexity index is 488. The predicted molar refractivity (Wildman–Crippen MR) is 67.9 cm³/mol. The van der Waals surface area contributed by atoms with E-state index in [1.807, 2.05) is 0 Å². The maximum absolute atomic E-state index is 11.8. The van der Waals surface area contributed by atoms with E-state index in [9.17, 15) is 4.79 Å². The van der Waals surface area contributed by atoms with E-state index in [0.29, 0.717) is 28.1 Å². The highest BCUT2D eigenvalue weighted by atomic mass is 35.5. The molecule has 2 rings (SSSR count). The van der Waals surface area contributed by atoms with Crippen LogP contribution in [0.25, 0.3) is 0 Å². The number of hydrazone groups is 1. The van der Waals surface area contributed by atoms with Crippen molar-refractivity contribution >= 4 is 40.5 Å². The standard InChI is InChI=1S/C11H10Cl2N2O2/c1-17-6-8-5-11(16)15(14-8)10-3-2-7(12)4-9(10)13/h2-4H,5-6H2,1H3. The number of rotatable bonds is 3. The van der Waals surface area contributed by atoms with Crippen LogP contribution in [0.2, 0.25) is 10.0 Å². The molecule has 1 heterocycles. The van der Waals surface area contributed by atoms with Gasteiger partial charge in [0.25, 0.3) is 5.91 Å². The van der Waals surface area contributed by atoms with Gasteiger partial charge in [0.2, 0.25) is 0 Å². The summed E-state index contributed by atoms with van der Waals surface area (Å²) in [4.78, 5) is 11.8. The number of amides is 1. The van der Waals surface area contributed by atoms with Gasteiger partial charge in [-0.3, -0.25) is 4.79 Å². The van der Waals surface area contributed by atoms with Crippen LogP contribution < -0.4 is 5.01 Å². The lowest BCUT2D eigenvalue weighted by Gasteiger charge is -2.13. The lowest BCUT2D eigenvalue weighted by atomic mass is 10.2. The molecule has 0 aromatic heterocycles. The van der Waals surface area contributed by atoms with E-state index >= 15 is 0 Å². The third kappa shape index (κ3) is 2.60. The summed E-state index contributed by atoms with van der Waals surface area (Å²) in [6.45, 7) is 0.341. The first kappa shape index (κ1) is 12.4. The normalized spacial score (nSPS) is 15.4. The molecule has 0 aliphatic carbocycles. The van der Waals surface area contributed by atoms with Crippen LogP contribution in [0.5, 0.6) is 0 Å². The first-order valence-corrected chi connectivity index (χ1v) is 5.70. The maximum atomic E-state index is 11.8. The highest BCUT2D eigenvalue weighted by molar-refractivity contribution is 6.37. The molecule has 0 spiro atoms. The second-order valence-corrected chi connectivity index (χ2v) is 4.42. The fraction of sp³-hybridized carbons (Fsp3) is 0.273. The molecule has 1 aromatic carbocycles. The number of anilines is 1. The van der Waals surface area contributed by atoms with Crippen molar-refractivity contribution in [2.75, 3.05) is 18.7 Å². The summed E-state index contributed by atoms with van der Waals surface area (Å²) < 4.78 is 4.94. The smallest absolute Gasteiger partial charge is 0.253 e. The highest BCUT2D eigenvalue weighted by Crippen LogP contribution is 2.31. The third-order valence-electron chi connectivity index (χ3n) is 2.28. The predicted octanol–water partition coefficient (Wildman–Crippen LogP) is 2.73. The number of carbonyl (C=O) groups is 1. The van der Waals surface area contributed by atoms with E-state index in [4.69, 9.17) is 27.9 Å². The van der Waals surface area contributed by atoms with E-state index in [1.165, 1.54) is 5.01 Å². The van der Waals surface area contributed by atoms with Crippen LogP contribution in [0.1, 0.15) is 6.42 Å². The van der Waals surface area contributed by atoms with Gasteiger partial charge in [0.1, 0.15) is 0 Å². The Balaban J connectivity index is 2.30. The molecule has 6 heteroatoms. The number of ether oxygens (including phenoxy) is 1. The van der Waals surface area contributed by atoms with Gasteiger partial charge in [0, 0.05) is 12.1 Å². The lowest BCUT2D eigenvalue weighted by molar-refractivity contribution is -0.116. The van der Waals surface area contributed by atoms with E-state index < -0.39 is 0 Å². The van der Waals surface area contributed by atoms with Gasteiger partial charge in [-0.1, -0.05) is 23.2 Å². The zero-order valence-electron chi connectivity index (χ0n) is 9.11. The second kappa shape index (κ2) is 5.04. The van der Waals surface area contributed by atoms with E-state index in [-0.39, 0.29) is 12.3 Å². The van der Waals surface area contributed by atoms with Gasteiger partial charge in [0.05, 0.1) is 29.4 Å². The van der Waals surface area contributed by atoms with Crippen LogP contribution in [0.3, 0.4) is 0 Å². The number of carbonyl (C=O) groups excluding carboxylic acids is 1. The maximum Gasteiger partial charge on any atom is 0.253 e. The van der Waals surface area contributed by atoms with Gasteiger partial charge in [-0.2, -0.15) is 10.1 Å².